The van der Waals surface area contributed by atoms with E-state index >= 15 is 0 Å². The van der Waals surface area contributed by atoms with Gasteiger partial charge in [-0.2, -0.15) is 5.26 Å². The van der Waals surface area contributed by atoms with E-state index in [1.165, 1.54) is 11.3 Å². The minimum absolute atomic E-state index is 0.135. The van der Waals surface area contributed by atoms with Crippen molar-refractivity contribution in [1.82, 2.24) is 0 Å². The van der Waals surface area contributed by atoms with Gasteiger partial charge >= 0.3 is 0 Å². The Morgan fingerprint density at radius 1 is 1.12 bits per heavy atom. The molecule has 1 heterocycles. The van der Waals surface area contributed by atoms with Crippen molar-refractivity contribution < 1.29 is 9.53 Å². The lowest BCUT2D eigenvalue weighted by atomic mass is 10.1. The van der Waals surface area contributed by atoms with Crippen LogP contribution in [0, 0.1) is 11.3 Å². The second-order valence-corrected chi connectivity index (χ2v) is 6.01. The highest BCUT2D eigenvalue weighted by Gasteiger charge is 2.07. The number of hydrogen-bond donors (Lipinski definition) is 1. The van der Waals surface area contributed by atoms with Gasteiger partial charge in [-0.25, -0.2) is 0 Å². The van der Waals surface area contributed by atoms with Crippen LogP contribution in [-0.2, 0) is 6.61 Å². The molecule has 0 saturated carbocycles. The van der Waals surface area contributed by atoms with Gasteiger partial charge in [-0.1, -0.05) is 24.3 Å². The minimum Gasteiger partial charge on any atom is -0.489 e. The first kappa shape index (κ1) is 15.8. The van der Waals surface area contributed by atoms with Gasteiger partial charge in [-0.3, -0.25) is 4.79 Å². The molecule has 0 saturated heterocycles. The number of anilines is 1. The zero-order valence-electron chi connectivity index (χ0n) is 12.7. The third kappa shape index (κ3) is 4.00. The fourth-order valence-electron chi connectivity index (χ4n) is 2.16. The van der Waals surface area contributed by atoms with Crippen LogP contribution in [0.15, 0.2) is 66.0 Å². The molecule has 118 valence electrons. The van der Waals surface area contributed by atoms with Crippen molar-refractivity contribution in [3.8, 4) is 11.8 Å². The Morgan fingerprint density at radius 3 is 2.79 bits per heavy atom. The molecule has 0 bridgehead atoms. The van der Waals surface area contributed by atoms with Gasteiger partial charge in [0.25, 0.3) is 5.91 Å². The fourth-order valence-corrected chi connectivity index (χ4v) is 2.78. The van der Waals surface area contributed by atoms with Crippen LogP contribution in [0.5, 0.6) is 5.75 Å². The molecule has 0 unspecified atom stereocenters. The largest absolute Gasteiger partial charge is 0.489 e. The minimum atomic E-state index is -0.135. The Kier molecular flexibility index (Phi) is 4.90. The topological polar surface area (TPSA) is 62.1 Å². The molecule has 0 spiro atoms. The van der Waals surface area contributed by atoms with Gasteiger partial charge in [0.05, 0.1) is 16.5 Å². The van der Waals surface area contributed by atoms with Crippen LogP contribution in [0.25, 0.3) is 0 Å². The average molecular weight is 334 g/mol. The number of nitrogens with one attached hydrogen (secondary N) is 1. The van der Waals surface area contributed by atoms with Crippen molar-refractivity contribution in [2.45, 2.75) is 6.61 Å². The molecule has 0 radical (unpaired) electrons. The quantitative estimate of drug-likeness (QED) is 0.750. The molecule has 4 nitrogen and oxygen atoms in total. The van der Waals surface area contributed by atoms with E-state index in [1.807, 2.05) is 41.8 Å². The summed E-state index contributed by atoms with van der Waals surface area (Å²) >= 11 is 1.40. The van der Waals surface area contributed by atoms with Crippen LogP contribution < -0.4 is 10.1 Å². The molecule has 1 N–H and O–H groups in total. The zero-order chi connectivity index (χ0) is 16.8. The summed E-state index contributed by atoms with van der Waals surface area (Å²) in [6.45, 7) is 0.359. The highest BCUT2D eigenvalue weighted by atomic mass is 32.1. The van der Waals surface area contributed by atoms with E-state index in [4.69, 9.17) is 10.00 Å². The summed E-state index contributed by atoms with van der Waals surface area (Å²) in [4.78, 5) is 12.7. The SMILES string of the molecule is N#Cc1cccc(COc2cccc(NC(=O)c3cccs3)c2)c1. The number of rotatable bonds is 5. The molecular formula is C19H14N2O2S. The number of amides is 1. The van der Waals surface area contributed by atoms with E-state index in [0.717, 1.165) is 5.56 Å². The molecule has 0 aliphatic heterocycles. The zero-order valence-corrected chi connectivity index (χ0v) is 13.5. The smallest absolute Gasteiger partial charge is 0.265 e. The molecule has 3 aromatic rings. The Morgan fingerprint density at radius 2 is 2.00 bits per heavy atom. The summed E-state index contributed by atoms with van der Waals surface area (Å²) in [5, 5.41) is 13.6. The average Bonchev–Trinajstić information content (AvgIpc) is 3.15. The molecule has 0 aliphatic rings. The molecule has 0 atom stereocenters. The molecule has 3 rings (SSSR count). The van der Waals surface area contributed by atoms with Crippen LogP contribution in [0.2, 0.25) is 0 Å². The van der Waals surface area contributed by atoms with Gasteiger partial charge in [0, 0.05) is 11.8 Å². The number of hydrogen-bond acceptors (Lipinski definition) is 4. The Balaban J connectivity index is 1.65. The van der Waals surface area contributed by atoms with Gasteiger partial charge in [-0.15, -0.1) is 11.3 Å². The van der Waals surface area contributed by atoms with E-state index in [1.54, 1.807) is 24.3 Å². The maximum atomic E-state index is 12.1. The van der Waals surface area contributed by atoms with E-state index < -0.39 is 0 Å². The summed E-state index contributed by atoms with van der Waals surface area (Å²) in [7, 11) is 0. The number of benzene rings is 2. The lowest BCUT2D eigenvalue weighted by molar-refractivity contribution is 0.103. The van der Waals surface area contributed by atoms with E-state index in [2.05, 4.69) is 11.4 Å². The third-order valence-electron chi connectivity index (χ3n) is 3.30. The Bertz CT molecular complexity index is 882. The first-order valence-electron chi connectivity index (χ1n) is 7.31. The van der Waals surface area contributed by atoms with Crippen molar-refractivity contribution in [1.29, 1.82) is 5.26 Å². The number of thiophene rings is 1. The van der Waals surface area contributed by atoms with Crippen molar-refractivity contribution >= 4 is 22.9 Å². The number of ether oxygens (including phenoxy) is 1. The summed E-state index contributed by atoms with van der Waals surface area (Å²) < 4.78 is 5.75. The summed E-state index contributed by atoms with van der Waals surface area (Å²) in [5.41, 5.74) is 2.20. The van der Waals surface area contributed by atoms with Crippen LogP contribution in [0.3, 0.4) is 0 Å². The number of nitriles is 1. The van der Waals surface area contributed by atoms with Crippen LogP contribution in [0.4, 0.5) is 5.69 Å². The third-order valence-corrected chi connectivity index (χ3v) is 4.17. The number of carbonyl (C=O) groups is 1. The maximum absolute atomic E-state index is 12.1. The van der Waals surface area contributed by atoms with Gasteiger partial charge in [0.1, 0.15) is 12.4 Å². The molecule has 24 heavy (non-hydrogen) atoms. The molecule has 0 aliphatic carbocycles. The predicted octanol–water partition coefficient (Wildman–Crippen LogP) is 4.45. The summed E-state index contributed by atoms with van der Waals surface area (Å²) in [6.07, 6.45) is 0. The van der Waals surface area contributed by atoms with Crippen molar-refractivity contribution in [2.24, 2.45) is 0 Å². The van der Waals surface area contributed by atoms with Crippen LogP contribution in [0.1, 0.15) is 20.8 Å². The second kappa shape index (κ2) is 7.44. The summed E-state index contributed by atoms with van der Waals surface area (Å²) in [5.74, 6) is 0.519. The van der Waals surface area contributed by atoms with E-state index in [-0.39, 0.29) is 5.91 Å². The standard InChI is InChI=1S/C19H14N2O2S/c20-12-14-4-1-5-15(10-14)13-23-17-7-2-6-16(11-17)21-19(22)18-8-3-9-24-18/h1-11H,13H2,(H,21,22). The lowest BCUT2D eigenvalue weighted by Gasteiger charge is -2.09. The first-order chi connectivity index (χ1) is 11.7. The van der Waals surface area contributed by atoms with Crippen LogP contribution >= 0.6 is 11.3 Å². The predicted molar refractivity (Wildman–Crippen MR) is 94.2 cm³/mol. The lowest BCUT2D eigenvalue weighted by Crippen LogP contribution is -2.10. The van der Waals surface area contributed by atoms with Crippen molar-refractivity contribution in [2.75, 3.05) is 5.32 Å². The van der Waals surface area contributed by atoms with E-state index in [0.29, 0.717) is 28.5 Å². The van der Waals surface area contributed by atoms with Crippen LogP contribution in [-0.4, -0.2) is 5.91 Å². The van der Waals surface area contributed by atoms with Gasteiger partial charge in [0.15, 0.2) is 0 Å². The summed E-state index contributed by atoms with van der Waals surface area (Å²) in [6, 6.07) is 20.3. The monoisotopic (exact) mass is 334 g/mol. The highest BCUT2D eigenvalue weighted by molar-refractivity contribution is 7.12. The normalized spacial score (nSPS) is 9.96. The Labute approximate surface area is 143 Å². The molecule has 2 aromatic carbocycles. The number of carbonyl (C=O) groups excluding carboxylic acids is 1. The van der Waals surface area contributed by atoms with Crippen molar-refractivity contribution in [3.05, 3.63) is 82.0 Å². The fraction of sp³-hybridized carbons (Fsp3) is 0.0526. The molecule has 1 amide bonds. The Hall–Kier alpha value is -3.10. The number of nitrogens with zero attached hydrogens (tertiary/aromatic N) is 1. The van der Waals surface area contributed by atoms with Gasteiger partial charge in [-0.05, 0) is 41.3 Å². The van der Waals surface area contributed by atoms with Crippen molar-refractivity contribution in [3.63, 3.8) is 0 Å². The molecule has 0 fully saturated rings. The second-order valence-electron chi connectivity index (χ2n) is 5.06. The molecular weight excluding hydrogens is 320 g/mol. The molecule has 1 aromatic heterocycles. The highest BCUT2D eigenvalue weighted by Crippen LogP contribution is 2.20. The molecule has 5 heteroatoms. The van der Waals surface area contributed by atoms with Gasteiger partial charge < -0.3 is 10.1 Å². The van der Waals surface area contributed by atoms with E-state index in [9.17, 15) is 4.79 Å². The maximum Gasteiger partial charge on any atom is 0.265 e. The van der Waals surface area contributed by atoms with Gasteiger partial charge in [0.2, 0.25) is 0 Å². The first-order valence-corrected chi connectivity index (χ1v) is 8.19.